The van der Waals surface area contributed by atoms with Crippen molar-refractivity contribution in [3.63, 3.8) is 0 Å². The fourth-order valence-electron chi connectivity index (χ4n) is 1.98. The van der Waals surface area contributed by atoms with Gasteiger partial charge in [0, 0.05) is 22.7 Å². The van der Waals surface area contributed by atoms with Gasteiger partial charge in [-0.15, -0.1) is 0 Å². The molecule has 0 aliphatic carbocycles. The lowest BCUT2D eigenvalue weighted by Gasteiger charge is -2.14. The number of benzene rings is 1. The van der Waals surface area contributed by atoms with Crippen LogP contribution in [-0.2, 0) is 11.2 Å². The topological polar surface area (TPSA) is 59.4 Å². The molecule has 1 N–H and O–H groups in total. The molecule has 0 saturated carbocycles. The summed E-state index contributed by atoms with van der Waals surface area (Å²) in [7, 11) is 1.54. The van der Waals surface area contributed by atoms with Crippen LogP contribution in [0.2, 0.25) is 0 Å². The Hall–Kier alpha value is -1.88. The molecule has 20 heavy (non-hydrogen) atoms. The number of carboxylic acid groups (broad SMARTS) is 1. The Labute approximate surface area is 125 Å². The smallest absolute Gasteiger partial charge is 0.311 e. The molecule has 1 aromatic heterocycles. The number of carbonyl (C=O) groups is 1. The van der Waals surface area contributed by atoms with Crippen molar-refractivity contribution >= 4 is 21.9 Å². The molecule has 0 spiro atoms. The number of aliphatic carboxylic acids is 1. The minimum Gasteiger partial charge on any atom is -0.481 e. The van der Waals surface area contributed by atoms with E-state index in [0.29, 0.717) is 18.0 Å². The van der Waals surface area contributed by atoms with E-state index in [1.807, 2.05) is 24.3 Å². The maximum absolute atomic E-state index is 11.5. The van der Waals surface area contributed by atoms with Gasteiger partial charge in [-0.05, 0) is 17.7 Å². The summed E-state index contributed by atoms with van der Waals surface area (Å²) in [5, 5.41) is 9.46. The third kappa shape index (κ3) is 3.36. The van der Waals surface area contributed by atoms with Crippen LogP contribution in [0.15, 0.2) is 46.9 Å². The van der Waals surface area contributed by atoms with E-state index in [4.69, 9.17) is 4.74 Å². The number of pyridine rings is 1. The van der Waals surface area contributed by atoms with Gasteiger partial charge in [0.25, 0.3) is 0 Å². The molecule has 0 aliphatic heterocycles. The van der Waals surface area contributed by atoms with Crippen molar-refractivity contribution in [3.05, 3.63) is 58.2 Å². The van der Waals surface area contributed by atoms with E-state index >= 15 is 0 Å². The normalized spacial score (nSPS) is 11.9. The zero-order chi connectivity index (χ0) is 14.5. The lowest BCUT2D eigenvalue weighted by molar-refractivity contribution is -0.138. The van der Waals surface area contributed by atoms with Crippen molar-refractivity contribution in [1.82, 2.24) is 4.98 Å². The Morgan fingerprint density at radius 2 is 2.05 bits per heavy atom. The first-order valence-electron chi connectivity index (χ1n) is 6.09. The zero-order valence-electron chi connectivity index (χ0n) is 10.9. The molecule has 5 heteroatoms. The van der Waals surface area contributed by atoms with Gasteiger partial charge in [-0.25, -0.2) is 4.98 Å². The molecular formula is C15H14BrNO3. The first-order chi connectivity index (χ1) is 9.61. The highest BCUT2D eigenvalue weighted by atomic mass is 79.9. The SMILES string of the molecule is COc1cccc(CC(C(=O)O)c2ccccc2Br)n1. The number of carboxylic acids is 1. The first kappa shape index (κ1) is 14.5. The molecule has 0 amide bonds. The molecule has 1 unspecified atom stereocenters. The summed E-state index contributed by atoms with van der Waals surface area (Å²) < 4.78 is 5.85. The molecule has 1 aromatic carbocycles. The lowest BCUT2D eigenvalue weighted by Crippen LogP contribution is -2.15. The average molecular weight is 336 g/mol. The Morgan fingerprint density at radius 3 is 2.70 bits per heavy atom. The second-order valence-electron chi connectivity index (χ2n) is 4.29. The second-order valence-corrected chi connectivity index (χ2v) is 5.14. The fourth-order valence-corrected chi connectivity index (χ4v) is 2.54. The van der Waals surface area contributed by atoms with Crippen LogP contribution >= 0.6 is 15.9 Å². The summed E-state index contributed by atoms with van der Waals surface area (Å²) in [6.07, 6.45) is 0.315. The van der Waals surface area contributed by atoms with E-state index in [2.05, 4.69) is 20.9 Å². The van der Waals surface area contributed by atoms with Gasteiger partial charge < -0.3 is 9.84 Å². The van der Waals surface area contributed by atoms with Crippen LogP contribution < -0.4 is 4.74 Å². The quantitative estimate of drug-likeness (QED) is 0.910. The third-order valence-electron chi connectivity index (χ3n) is 2.98. The number of rotatable bonds is 5. The molecule has 1 heterocycles. The standard InChI is InChI=1S/C15H14BrNO3/c1-20-14-8-4-5-10(17-14)9-12(15(18)19)11-6-2-3-7-13(11)16/h2-8,12H,9H2,1H3,(H,18,19). The van der Waals surface area contributed by atoms with Crippen LogP contribution in [-0.4, -0.2) is 23.2 Å². The molecule has 0 fully saturated rings. The number of methoxy groups -OCH3 is 1. The fraction of sp³-hybridized carbons (Fsp3) is 0.200. The molecular weight excluding hydrogens is 322 g/mol. The number of aromatic nitrogens is 1. The van der Waals surface area contributed by atoms with Crippen molar-refractivity contribution in [2.75, 3.05) is 7.11 Å². The van der Waals surface area contributed by atoms with Gasteiger partial charge in [-0.3, -0.25) is 4.79 Å². The van der Waals surface area contributed by atoms with E-state index in [1.165, 1.54) is 7.11 Å². The highest BCUT2D eigenvalue weighted by molar-refractivity contribution is 9.10. The molecule has 1 atom stereocenters. The molecule has 2 rings (SSSR count). The molecule has 0 radical (unpaired) electrons. The average Bonchev–Trinajstić information content (AvgIpc) is 2.45. The Bertz CT molecular complexity index is 616. The molecule has 4 nitrogen and oxygen atoms in total. The summed E-state index contributed by atoms with van der Waals surface area (Å²) in [6, 6.07) is 12.7. The largest absolute Gasteiger partial charge is 0.481 e. The van der Waals surface area contributed by atoms with Crippen LogP contribution in [0.3, 0.4) is 0 Å². The minimum atomic E-state index is -0.874. The van der Waals surface area contributed by atoms with Crippen LogP contribution in [0.1, 0.15) is 17.2 Å². The summed E-state index contributed by atoms with van der Waals surface area (Å²) in [5.41, 5.74) is 1.43. The predicted octanol–water partition coefficient (Wildman–Crippen LogP) is 3.26. The molecule has 0 saturated heterocycles. The maximum Gasteiger partial charge on any atom is 0.311 e. The number of halogens is 1. The van der Waals surface area contributed by atoms with Gasteiger partial charge in [-0.1, -0.05) is 40.2 Å². The highest BCUT2D eigenvalue weighted by Crippen LogP contribution is 2.28. The van der Waals surface area contributed by atoms with E-state index < -0.39 is 11.9 Å². The van der Waals surface area contributed by atoms with Crippen molar-refractivity contribution in [2.45, 2.75) is 12.3 Å². The number of ether oxygens (including phenoxy) is 1. The molecule has 104 valence electrons. The summed E-state index contributed by atoms with van der Waals surface area (Å²) in [5.74, 6) is -1.04. The van der Waals surface area contributed by atoms with Gasteiger partial charge in [0.15, 0.2) is 0 Å². The van der Waals surface area contributed by atoms with E-state index in [9.17, 15) is 9.90 Å². The van der Waals surface area contributed by atoms with Crippen molar-refractivity contribution < 1.29 is 14.6 Å². The first-order valence-corrected chi connectivity index (χ1v) is 6.88. The van der Waals surface area contributed by atoms with Gasteiger partial charge >= 0.3 is 5.97 Å². The van der Waals surface area contributed by atoms with Crippen molar-refractivity contribution in [2.24, 2.45) is 0 Å². The van der Waals surface area contributed by atoms with Gasteiger partial charge in [0.2, 0.25) is 5.88 Å². The summed E-state index contributed by atoms with van der Waals surface area (Å²) in [6.45, 7) is 0. The molecule has 0 aliphatic rings. The van der Waals surface area contributed by atoms with Crippen LogP contribution in [0.25, 0.3) is 0 Å². The third-order valence-corrected chi connectivity index (χ3v) is 3.70. The Kier molecular flexibility index (Phi) is 4.74. The maximum atomic E-state index is 11.5. The zero-order valence-corrected chi connectivity index (χ0v) is 12.5. The van der Waals surface area contributed by atoms with Crippen molar-refractivity contribution in [3.8, 4) is 5.88 Å². The van der Waals surface area contributed by atoms with E-state index in [0.717, 1.165) is 10.0 Å². The van der Waals surface area contributed by atoms with Crippen molar-refractivity contribution in [1.29, 1.82) is 0 Å². The number of hydrogen-bond donors (Lipinski definition) is 1. The Balaban J connectivity index is 2.31. The highest BCUT2D eigenvalue weighted by Gasteiger charge is 2.23. The monoisotopic (exact) mass is 335 g/mol. The van der Waals surface area contributed by atoms with Gasteiger partial charge in [-0.2, -0.15) is 0 Å². The number of hydrogen-bond acceptors (Lipinski definition) is 3. The van der Waals surface area contributed by atoms with Crippen LogP contribution in [0.5, 0.6) is 5.88 Å². The molecule has 0 bridgehead atoms. The van der Waals surface area contributed by atoms with E-state index in [-0.39, 0.29) is 0 Å². The Morgan fingerprint density at radius 1 is 1.30 bits per heavy atom. The predicted molar refractivity (Wildman–Crippen MR) is 79.0 cm³/mol. The molecule has 2 aromatic rings. The van der Waals surface area contributed by atoms with Crippen LogP contribution in [0, 0.1) is 0 Å². The van der Waals surface area contributed by atoms with Gasteiger partial charge in [0.1, 0.15) is 0 Å². The summed E-state index contributed by atoms with van der Waals surface area (Å²) >= 11 is 3.40. The van der Waals surface area contributed by atoms with E-state index in [1.54, 1.807) is 18.2 Å². The summed E-state index contributed by atoms with van der Waals surface area (Å²) in [4.78, 5) is 15.8. The second kappa shape index (κ2) is 6.52. The number of nitrogens with zero attached hydrogens (tertiary/aromatic N) is 1. The van der Waals surface area contributed by atoms with Crippen LogP contribution in [0.4, 0.5) is 0 Å². The van der Waals surface area contributed by atoms with Gasteiger partial charge in [0.05, 0.1) is 13.0 Å². The minimum absolute atomic E-state index is 0.315. The lowest BCUT2D eigenvalue weighted by atomic mass is 9.94.